The number of sulfonamides is 4. The zero-order valence-electron chi connectivity index (χ0n) is 43.7. The topological polar surface area (TPSA) is 284 Å². The molecular formula is C50H70N8O12S4. The van der Waals surface area contributed by atoms with Gasteiger partial charge in [-0.1, -0.05) is 41.0 Å². The molecule has 4 aliphatic heterocycles. The van der Waals surface area contributed by atoms with E-state index >= 15 is 0 Å². The van der Waals surface area contributed by atoms with Crippen LogP contribution >= 0.6 is 0 Å². The molecule has 4 aromatic rings. The van der Waals surface area contributed by atoms with Crippen LogP contribution in [0.5, 0.6) is 0 Å². The number of carbonyl (C=O) groups is 4. The molecule has 20 nitrogen and oxygen atoms in total. The molecule has 3 atom stereocenters. The van der Waals surface area contributed by atoms with E-state index in [1.807, 2.05) is 20.8 Å². The Kier molecular flexibility index (Phi) is 21.2. The van der Waals surface area contributed by atoms with Gasteiger partial charge in [0, 0.05) is 62.1 Å². The van der Waals surface area contributed by atoms with Crippen LogP contribution in [0.3, 0.4) is 0 Å². The summed E-state index contributed by atoms with van der Waals surface area (Å²) in [5.74, 6) is -0.400. The van der Waals surface area contributed by atoms with Crippen LogP contribution in [0.2, 0.25) is 0 Å². The van der Waals surface area contributed by atoms with Crippen LogP contribution in [0.15, 0.2) is 92.4 Å². The van der Waals surface area contributed by atoms with Gasteiger partial charge in [-0.05, 0) is 155 Å². The van der Waals surface area contributed by atoms with Gasteiger partial charge in [-0.15, -0.1) is 0 Å². The molecule has 8 rings (SSSR count). The van der Waals surface area contributed by atoms with Crippen LogP contribution in [0.4, 0.5) is 22.7 Å². The molecule has 4 aliphatic rings. The van der Waals surface area contributed by atoms with Crippen LogP contribution < -0.4 is 35.0 Å². The average molecular weight is 1100 g/mol. The quantitative estimate of drug-likeness (QED) is 0.108. The van der Waals surface area contributed by atoms with Gasteiger partial charge < -0.3 is 20.9 Å². The number of rotatable bonds is 11. The number of carbonyl (C=O) groups excluding carboxylic acids is 4. The van der Waals surface area contributed by atoms with Crippen molar-refractivity contribution in [3.8, 4) is 0 Å². The highest BCUT2D eigenvalue weighted by Crippen LogP contribution is 2.36. The van der Waals surface area contributed by atoms with Gasteiger partial charge in [-0.25, -0.2) is 52.1 Å². The molecule has 0 bridgehead atoms. The molecular weight excluding hydrogens is 1030 g/mol. The Morgan fingerprint density at radius 1 is 0.527 bits per heavy atom. The van der Waals surface area contributed by atoms with Gasteiger partial charge in [-0.2, -0.15) is 0 Å². The Labute approximate surface area is 437 Å². The van der Waals surface area contributed by atoms with Crippen molar-refractivity contribution in [2.24, 2.45) is 11.8 Å². The molecule has 0 aromatic heterocycles. The largest absolute Gasteiger partial charge is 0.326 e. The molecule has 24 heteroatoms. The smallest absolute Gasteiger partial charge is 0.242 e. The number of hydrogen-bond acceptors (Lipinski definition) is 12. The van der Waals surface area contributed by atoms with E-state index < -0.39 is 40.1 Å². The van der Waals surface area contributed by atoms with Crippen LogP contribution in [0, 0.1) is 11.8 Å². The first-order valence-corrected chi connectivity index (χ1v) is 30.0. The Morgan fingerprint density at radius 2 is 0.919 bits per heavy atom. The van der Waals surface area contributed by atoms with Crippen molar-refractivity contribution in [3.05, 3.63) is 95.1 Å². The minimum Gasteiger partial charge on any atom is -0.326 e. The standard InChI is InChI=1S/3C12H16N2O3S.C11H14N2O3S.C3H8/c1-13(2)18(16,17)10-5-6-11-9(8-10)4-7-12(15)14(11)3;2*1-3-8-6-9-7-10(18(16,17)13-2)4-5-11(9)14-12(8)15;1-3-8-9-6-7(17(15,16)12-2)4-5-10(9)13-11(8)14;1-3-2/h5-6,8H,4,7H2,1-3H3;2*4-5,7-8,13H,3,6H2,1-2H3,(H,14,15);4-6,8,12H,3H2,1-2H3,(H,13,14);3H2,1-2H3. The molecule has 4 heterocycles. The lowest BCUT2D eigenvalue weighted by molar-refractivity contribution is -0.121. The zero-order chi connectivity index (χ0) is 55.5. The lowest BCUT2D eigenvalue weighted by Gasteiger charge is -2.26. The van der Waals surface area contributed by atoms with Crippen LogP contribution in [0.1, 0.15) is 94.9 Å². The predicted molar refractivity (Wildman–Crippen MR) is 287 cm³/mol. The second-order valence-electron chi connectivity index (χ2n) is 17.8. The molecule has 0 fully saturated rings. The van der Waals surface area contributed by atoms with E-state index in [0.717, 1.165) is 40.8 Å². The molecule has 74 heavy (non-hydrogen) atoms. The zero-order valence-corrected chi connectivity index (χ0v) is 47.0. The number of aryl methyl sites for hydroxylation is 1. The Morgan fingerprint density at radius 3 is 1.32 bits per heavy atom. The van der Waals surface area contributed by atoms with Crippen LogP contribution in [0.25, 0.3) is 0 Å². The summed E-state index contributed by atoms with van der Waals surface area (Å²) in [5.41, 5.74) is 6.32. The van der Waals surface area contributed by atoms with Gasteiger partial charge in [0.2, 0.25) is 63.7 Å². The van der Waals surface area contributed by atoms with Crippen LogP contribution in [-0.4, -0.2) is 104 Å². The fourth-order valence-corrected chi connectivity index (χ4v) is 11.4. The van der Waals surface area contributed by atoms with Gasteiger partial charge in [-0.3, -0.25) is 19.2 Å². The van der Waals surface area contributed by atoms with E-state index in [9.17, 15) is 52.8 Å². The van der Waals surface area contributed by atoms with Gasteiger partial charge in [0.25, 0.3) is 0 Å². The SMILES string of the molecule is CCC.CCC1C(=O)Nc2ccc(S(=O)(=O)NC)cc21.CCC1Cc2cc(S(=O)(=O)NC)ccc2NC1=O.CCC1Cc2cc(S(=O)(=O)NC)ccc2NC1=O.CN1C(=O)CCc2cc(S(=O)(=O)N(C)C)ccc21. The summed E-state index contributed by atoms with van der Waals surface area (Å²) in [5, 5.41) is 8.35. The van der Waals surface area contributed by atoms with E-state index in [1.165, 1.54) is 64.2 Å². The molecule has 4 amide bonds. The van der Waals surface area contributed by atoms with Crippen molar-refractivity contribution < 1.29 is 52.8 Å². The lowest BCUT2D eigenvalue weighted by atomic mass is 9.91. The molecule has 0 saturated carbocycles. The fraction of sp³-hybridized carbons (Fsp3) is 0.440. The maximum absolute atomic E-state index is 12.0. The summed E-state index contributed by atoms with van der Waals surface area (Å²) < 4.78 is 102. The highest BCUT2D eigenvalue weighted by Gasteiger charge is 2.31. The van der Waals surface area contributed by atoms with Crippen LogP contribution in [-0.2, 0) is 78.5 Å². The van der Waals surface area contributed by atoms with Crippen molar-refractivity contribution in [2.45, 2.75) is 111 Å². The lowest BCUT2D eigenvalue weighted by Crippen LogP contribution is -2.31. The summed E-state index contributed by atoms with van der Waals surface area (Å²) in [6.45, 7) is 10.0. The van der Waals surface area contributed by atoms with E-state index in [2.05, 4.69) is 44.0 Å². The van der Waals surface area contributed by atoms with Gasteiger partial charge in [0.1, 0.15) is 0 Å². The van der Waals surface area contributed by atoms with E-state index in [1.54, 1.807) is 66.5 Å². The average Bonchev–Trinajstić information content (AvgIpc) is 3.71. The van der Waals surface area contributed by atoms with Gasteiger partial charge >= 0.3 is 0 Å². The maximum Gasteiger partial charge on any atom is 0.242 e. The van der Waals surface area contributed by atoms with Crippen molar-refractivity contribution >= 4 is 86.5 Å². The Balaban J connectivity index is 0.000000210. The number of hydrogen-bond donors (Lipinski definition) is 6. The Bertz CT molecular complexity index is 3080. The van der Waals surface area contributed by atoms with E-state index in [0.29, 0.717) is 49.2 Å². The molecule has 3 unspecified atom stereocenters. The maximum atomic E-state index is 12.0. The third kappa shape index (κ3) is 14.4. The number of anilines is 4. The number of amides is 4. The predicted octanol–water partition coefficient (Wildman–Crippen LogP) is 5.53. The minimum absolute atomic E-state index is 0.00854. The first-order valence-electron chi connectivity index (χ1n) is 24.1. The number of nitrogens with zero attached hydrogens (tertiary/aromatic N) is 2. The number of benzene rings is 4. The summed E-state index contributed by atoms with van der Waals surface area (Å²) in [7, 11) is -4.89. The first-order chi connectivity index (χ1) is 34.7. The molecule has 0 saturated heterocycles. The highest BCUT2D eigenvalue weighted by molar-refractivity contribution is 7.90. The Hall–Kier alpha value is -5.60. The van der Waals surface area contributed by atoms with Gasteiger partial charge in [0.05, 0.1) is 25.5 Å². The first kappa shape index (κ1) is 61.0. The van der Waals surface area contributed by atoms with Crippen molar-refractivity contribution in [1.29, 1.82) is 0 Å². The van der Waals surface area contributed by atoms with E-state index in [-0.39, 0.29) is 61.0 Å². The van der Waals surface area contributed by atoms with Crippen molar-refractivity contribution in [1.82, 2.24) is 18.5 Å². The highest BCUT2D eigenvalue weighted by atomic mass is 32.2. The molecule has 0 radical (unpaired) electrons. The molecule has 0 aliphatic carbocycles. The van der Waals surface area contributed by atoms with Crippen molar-refractivity contribution in [3.63, 3.8) is 0 Å². The molecule has 0 spiro atoms. The third-order valence-electron chi connectivity index (χ3n) is 12.6. The second-order valence-corrected chi connectivity index (χ2v) is 25.6. The normalized spacial score (nSPS) is 17.8. The number of fused-ring (bicyclic) bond motifs is 4. The summed E-state index contributed by atoms with van der Waals surface area (Å²) in [6.07, 6.45) is 5.59. The monoisotopic (exact) mass is 1100 g/mol. The minimum atomic E-state index is -3.46. The van der Waals surface area contributed by atoms with E-state index in [4.69, 9.17) is 0 Å². The summed E-state index contributed by atoms with van der Waals surface area (Å²) in [4.78, 5) is 49.0. The summed E-state index contributed by atoms with van der Waals surface area (Å²) >= 11 is 0. The molecule has 406 valence electrons. The van der Waals surface area contributed by atoms with Gasteiger partial charge in [0.15, 0.2) is 0 Å². The second kappa shape index (κ2) is 25.8. The number of nitrogens with one attached hydrogen (secondary N) is 6. The molecule has 6 N–H and O–H groups in total. The van der Waals surface area contributed by atoms with Crippen molar-refractivity contribution in [2.75, 3.05) is 63.1 Å². The fourth-order valence-electron chi connectivity index (χ4n) is 8.14. The third-order valence-corrected chi connectivity index (χ3v) is 18.7. The summed E-state index contributed by atoms with van der Waals surface area (Å²) in [6, 6.07) is 19.1. The molecule has 4 aromatic carbocycles.